The van der Waals surface area contributed by atoms with E-state index < -0.39 is 0 Å². The molecule has 1 N–H and O–H groups in total. The molecule has 0 radical (unpaired) electrons. The Kier molecular flexibility index (Phi) is 5.78. The highest BCUT2D eigenvalue weighted by Crippen LogP contribution is 2.25. The Morgan fingerprint density at radius 2 is 2.00 bits per heavy atom. The maximum Gasteiger partial charge on any atom is 0.244 e. The summed E-state index contributed by atoms with van der Waals surface area (Å²) in [4.78, 5) is 14.9. The van der Waals surface area contributed by atoms with Gasteiger partial charge in [0.15, 0.2) is 0 Å². The summed E-state index contributed by atoms with van der Waals surface area (Å²) in [6.45, 7) is 6.35. The minimum absolute atomic E-state index is 0.00733. The van der Waals surface area contributed by atoms with Gasteiger partial charge in [-0.3, -0.25) is 4.79 Å². The first kappa shape index (κ1) is 18.3. The molecular formula is C19H23N5OS. The van der Waals surface area contributed by atoms with Gasteiger partial charge in [-0.1, -0.05) is 51.1 Å². The second kappa shape index (κ2) is 8.23. The van der Waals surface area contributed by atoms with E-state index >= 15 is 0 Å². The highest BCUT2D eigenvalue weighted by Gasteiger charge is 2.20. The number of aromatic nitrogens is 4. The van der Waals surface area contributed by atoms with Crippen LogP contribution in [0, 0.1) is 5.92 Å². The summed E-state index contributed by atoms with van der Waals surface area (Å²) in [5, 5.41) is 17.5. The first-order valence-corrected chi connectivity index (χ1v) is 9.64. The average Bonchev–Trinajstić information content (AvgIpc) is 3.31. The summed E-state index contributed by atoms with van der Waals surface area (Å²) in [6.07, 6.45) is 0.988. The van der Waals surface area contributed by atoms with E-state index in [1.165, 1.54) is 10.4 Å². The number of aryl methyl sites for hydroxylation is 1. The standard InChI is InChI=1S/C19H23N5OS/c1-4-14-7-9-15(10-8-14)19-21-23-24(22-19)12-17(25)20-18(13(2)3)16-6-5-11-26-16/h5-11,13,18H,4,12H2,1-3H3,(H,20,25). The Balaban J connectivity index is 1.65. The zero-order chi connectivity index (χ0) is 18.5. The molecular weight excluding hydrogens is 346 g/mol. The number of nitrogens with one attached hydrogen (secondary N) is 1. The summed E-state index contributed by atoms with van der Waals surface area (Å²) in [5.74, 6) is 0.704. The lowest BCUT2D eigenvalue weighted by molar-refractivity contribution is -0.123. The van der Waals surface area contributed by atoms with Crippen LogP contribution in [-0.4, -0.2) is 26.1 Å². The third-order valence-electron chi connectivity index (χ3n) is 4.19. The number of carbonyl (C=O) groups excluding carboxylic acids is 1. The highest BCUT2D eigenvalue weighted by molar-refractivity contribution is 7.10. The Labute approximate surface area is 157 Å². The molecule has 136 valence electrons. The van der Waals surface area contributed by atoms with Gasteiger partial charge in [0, 0.05) is 10.4 Å². The Morgan fingerprint density at radius 1 is 1.23 bits per heavy atom. The summed E-state index contributed by atoms with van der Waals surface area (Å²) in [7, 11) is 0. The Morgan fingerprint density at radius 3 is 2.62 bits per heavy atom. The number of amides is 1. The maximum absolute atomic E-state index is 12.4. The molecule has 3 aromatic rings. The molecule has 2 aromatic heterocycles. The van der Waals surface area contributed by atoms with Crippen molar-refractivity contribution in [2.75, 3.05) is 0 Å². The fraction of sp³-hybridized carbons (Fsp3) is 0.368. The third kappa shape index (κ3) is 4.35. The number of thiophene rings is 1. The molecule has 0 aliphatic heterocycles. The first-order chi connectivity index (χ1) is 12.6. The lowest BCUT2D eigenvalue weighted by atomic mass is 10.0. The smallest absolute Gasteiger partial charge is 0.244 e. The normalized spacial score (nSPS) is 12.3. The molecule has 0 saturated carbocycles. The molecule has 1 aromatic carbocycles. The molecule has 0 spiro atoms. The quantitative estimate of drug-likeness (QED) is 0.692. The third-order valence-corrected chi connectivity index (χ3v) is 5.15. The van der Waals surface area contributed by atoms with Crippen molar-refractivity contribution in [3.8, 4) is 11.4 Å². The molecule has 0 fully saturated rings. The van der Waals surface area contributed by atoms with E-state index in [0.717, 1.165) is 16.9 Å². The summed E-state index contributed by atoms with van der Waals surface area (Å²) in [6, 6.07) is 12.1. The molecule has 0 aliphatic carbocycles. The molecule has 26 heavy (non-hydrogen) atoms. The van der Waals surface area contributed by atoms with E-state index in [1.807, 2.05) is 29.6 Å². The van der Waals surface area contributed by atoms with E-state index in [9.17, 15) is 4.79 Å². The van der Waals surface area contributed by atoms with Gasteiger partial charge >= 0.3 is 0 Å². The van der Waals surface area contributed by atoms with Crippen LogP contribution in [0.1, 0.15) is 37.3 Å². The van der Waals surface area contributed by atoms with Crippen molar-refractivity contribution in [3.05, 3.63) is 52.2 Å². The summed E-state index contributed by atoms with van der Waals surface area (Å²) < 4.78 is 0. The number of carbonyl (C=O) groups is 1. The molecule has 1 unspecified atom stereocenters. The number of nitrogens with zero attached hydrogens (tertiary/aromatic N) is 4. The van der Waals surface area contributed by atoms with E-state index in [1.54, 1.807) is 11.3 Å². The van der Waals surface area contributed by atoms with Crippen molar-refractivity contribution in [2.24, 2.45) is 5.92 Å². The molecule has 3 rings (SSSR count). The van der Waals surface area contributed by atoms with Crippen LogP contribution in [-0.2, 0) is 17.8 Å². The van der Waals surface area contributed by atoms with Crippen LogP contribution in [0.15, 0.2) is 41.8 Å². The topological polar surface area (TPSA) is 72.7 Å². The molecule has 0 aliphatic rings. The Hall–Kier alpha value is -2.54. The van der Waals surface area contributed by atoms with Crippen LogP contribution in [0.4, 0.5) is 0 Å². The molecule has 1 atom stereocenters. The van der Waals surface area contributed by atoms with Crippen LogP contribution < -0.4 is 5.32 Å². The Bertz CT molecular complexity index is 839. The van der Waals surface area contributed by atoms with Gasteiger partial charge in [0.25, 0.3) is 0 Å². The van der Waals surface area contributed by atoms with Crippen molar-refractivity contribution < 1.29 is 4.79 Å². The predicted octanol–water partition coefficient (Wildman–Crippen LogP) is 3.48. The summed E-state index contributed by atoms with van der Waals surface area (Å²) in [5.41, 5.74) is 2.15. The van der Waals surface area contributed by atoms with E-state index in [-0.39, 0.29) is 18.5 Å². The number of hydrogen-bond acceptors (Lipinski definition) is 5. The molecule has 0 bridgehead atoms. The number of rotatable bonds is 7. The van der Waals surface area contributed by atoms with Gasteiger partial charge in [-0.25, -0.2) is 0 Å². The molecule has 7 heteroatoms. The average molecular weight is 369 g/mol. The fourth-order valence-electron chi connectivity index (χ4n) is 2.70. The van der Waals surface area contributed by atoms with E-state index in [0.29, 0.717) is 11.7 Å². The van der Waals surface area contributed by atoms with E-state index in [2.05, 4.69) is 53.6 Å². The lowest BCUT2D eigenvalue weighted by Crippen LogP contribution is -2.34. The molecule has 6 nitrogen and oxygen atoms in total. The first-order valence-electron chi connectivity index (χ1n) is 8.76. The largest absolute Gasteiger partial charge is 0.347 e. The van der Waals surface area contributed by atoms with Crippen LogP contribution >= 0.6 is 11.3 Å². The summed E-state index contributed by atoms with van der Waals surface area (Å²) >= 11 is 1.65. The molecule has 1 amide bonds. The fourth-order valence-corrected chi connectivity index (χ4v) is 3.65. The van der Waals surface area contributed by atoms with Crippen molar-refractivity contribution in [2.45, 2.75) is 39.8 Å². The molecule has 2 heterocycles. The second-order valence-electron chi connectivity index (χ2n) is 6.50. The van der Waals surface area contributed by atoms with Gasteiger partial charge in [0.2, 0.25) is 11.7 Å². The van der Waals surface area contributed by atoms with Crippen molar-refractivity contribution in [1.29, 1.82) is 0 Å². The number of hydrogen-bond donors (Lipinski definition) is 1. The molecule has 0 saturated heterocycles. The van der Waals surface area contributed by atoms with Gasteiger partial charge in [-0.15, -0.1) is 21.5 Å². The lowest BCUT2D eigenvalue weighted by Gasteiger charge is -2.21. The monoisotopic (exact) mass is 369 g/mol. The van der Waals surface area contributed by atoms with Gasteiger partial charge in [0.05, 0.1) is 6.04 Å². The van der Waals surface area contributed by atoms with Crippen LogP contribution in [0.2, 0.25) is 0 Å². The minimum Gasteiger partial charge on any atom is -0.347 e. The minimum atomic E-state index is -0.123. The second-order valence-corrected chi connectivity index (χ2v) is 7.48. The zero-order valence-corrected chi connectivity index (χ0v) is 16.0. The van der Waals surface area contributed by atoms with Gasteiger partial charge in [-0.2, -0.15) is 4.80 Å². The van der Waals surface area contributed by atoms with Gasteiger partial charge in [0.1, 0.15) is 6.54 Å². The van der Waals surface area contributed by atoms with Crippen LogP contribution in [0.3, 0.4) is 0 Å². The van der Waals surface area contributed by atoms with Crippen molar-refractivity contribution >= 4 is 17.2 Å². The van der Waals surface area contributed by atoms with Crippen LogP contribution in [0.25, 0.3) is 11.4 Å². The van der Waals surface area contributed by atoms with Gasteiger partial charge < -0.3 is 5.32 Å². The predicted molar refractivity (Wildman–Crippen MR) is 103 cm³/mol. The van der Waals surface area contributed by atoms with Gasteiger partial charge in [-0.05, 0) is 34.6 Å². The number of benzene rings is 1. The zero-order valence-electron chi connectivity index (χ0n) is 15.2. The number of tetrazole rings is 1. The SMILES string of the molecule is CCc1ccc(-c2nnn(CC(=O)NC(c3cccs3)C(C)C)n2)cc1. The maximum atomic E-state index is 12.4. The van der Waals surface area contributed by atoms with Crippen molar-refractivity contribution in [1.82, 2.24) is 25.5 Å². The van der Waals surface area contributed by atoms with Crippen LogP contribution in [0.5, 0.6) is 0 Å². The highest BCUT2D eigenvalue weighted by atomic mass is 32.1. The van der Waals surface area contributed by atoms with Crippen molar-refractivity contribution in [3.63, 3.8) is 0 Å². The van der Waals surface area contributed by atoms with E-state index in [4.69, 9.17) is 0 Å².